The molecule has 0 amide bonds. The van der Waals surface area contributed by atoms with Gasteiger partial charge in [0.2, 0.25) is 0 Å². The van der Waals surface area contributed by atoms with Crippen LogP contribution >= 0.6 is 27.3 Å². The first-order chi connectivity index (χ1) is 6.63. The van der Waals surface area contributed by atoms with E-state index >= 15 is 0 Å². The van der Waals surface area contributed by atoms with Crippen LogP contribution in [-0.4, -0.2) is 13.1 Å². The second-order valence-electron chi connectivity index (χ2n) is 3.32. The molecule has 0 saturated carbocycles. The molecule has 0 spiro atoms. The van der Waals surface area contributed by atoms with Gasteiger partial charge >= 0.3 is 0 Å². The predicted molar refractivity (Wildman–Crippen MR) is 69.0 cm³/mol. The highest BCUT2D eigenvalue weighted by Crippen LogP contribution is 2.27. The largest absolute Gasteiger partial charge is 0.313 e. The van der Waals surface area contributed by atoms with Crippen LogP contribution in [0.2, 0.25) is 0 Å². The third kappa shape index (κ3) is 3.56. The van der Waals surface area contributed by atoms with Crippen LogP contribution in [0.25, 0.3) is 6.08 Å². The van der Waals surface area contributed by atoms with E-state index in [1.807, 2.05) is 11.3 Å². The molecule has 0 radical (unpaired) electrons. The molecule has 1 aromatic heterocycles. The molecule has 1 nitrogen and oxygen atoms in total. The van der Waals surface area contributed by atoms with Crippen molar-refractivity contribution in [3.63, 3.8) is 0 Å². The van der Waals surface area contributed by atoms with Crippen LogP contribution in [0.5, 0.6) is 0 Å². The fourth-order valence-electron chi connectivity index (χ4n) is 1.17. The number of likely N-dealkylation sites (N-methyl/N-ethyl adjacent to an activating group) is 1. The molecule has 0 saturated heterocycles. The van der Waals surface area contributed by atoms with Gasteiger partial charge in [0.05, 0.1) is 0 Å². The lowest BCUT2D eigenvalue weighted by molar-refractivity contribution is 0.779. The van der Waals surface area contributed by atoms with Gasteiger partial charge in [0.1, 0.15) is 0 Å². The summed E-state index contributed by atoms with van der Waals surface area (Å²) in [5.74, 6) is 0. The molecule has 0 atom stereocenters. The van der Waals surface area contributed by atoms with E-state index in [4.69, 9.17) is 0 Å². The molecular weight excluding hydrogens is 258 g/mol. The maximum Gasteiger partial charge on any atom is 0.0317 e. The van der Waals surface area contributed by atoms with Crippen LogP contribution in [0.3, 0.4) is 0 Å². The average Bonchev–Trinajstić information content (AvgIpc) is 2.42. The van der Waals surface area contributed by atoms with Gasteiger partial charge in [-0.25, -0.2) is 0 Å². The molecule has 14 heavy (non-hydrogen) atoms. The van der Waals surface area contributed by atoms with Crippen molar-refractivity contribution in [1.82, 2.24) is 5.32 Å². The number of rotatable bonds is 4. The van der Waals surface area contributed by atoms with Gasteiger partial charge < -0.3 is 5.32 Å². The van der Waals surface area contributed by atoms with Gasteiger partial charge in [-0.05, 0) is 48.5 Å². The number of halogens is 1. The Balaban J connectivity index is 2.66. The summed E-state index contributed by atoms with van der Waals surface area (Å²) >= 11 is 5.35. The lowest BCUT2D eigenvalue weighted by Crippen LogP contribution is -2.14. The Morgan fingerprint density at radius 2 is 2.36 bits per heavy atom. The Morgan fingerprint density at radius 3 is 2.86 bits per heavy atom. The second kappa shape index (κ2) is 5.69. The van der Waals surface area contributed by atoms with Gasteiger partial charge in [0, 0.05) is 20.8 Å². The monoisotopic (exact) mass is 273 g/mol. The van der Waals surface area contributed by atoms with Crippen molar-refractivity contribution in [2.75, 3.05) is 13.1 Å². The summed E-state index contributed by atoms with van der Waals surface area (Å²) in [5.41, 5.74) is 1.38. The van der Waals surface area contributed by atoms with E-state index in [2.05, 4.69) is 54.2 Å². The Bertz CT molecular complexity index is 309. The normalized spacial score (nSPS) is 12.1. The standard InChI is InChI=1S/C11H16BrNS/c1-4-13-7-8(2)5-10-6-11(12)9(3)14-10/h5-6,13H,4,7H2,1-3H3. The minimum atomic E-state index is 0.977. The van der Waals surface area contributed by atoms with E-state index in [-0.39, 0.29) is 0 Å². The summed E-state index contributed by atoms with van der Waals surface area (Å²) in [7, 11) is 0. The Hall–Kier alpha value is -0.120. The number of hydrogen-bond acceptors (Lipinski definition) is 2. The van der Waals surface area contributed by atoms with Crippen LogP contribution in [0.4, 0.5) is 0 Å². The molecule has 1 aromatic rings. The molecule has 0 aliphatic heterocycles. The quantitative estimate of drug-likeness (QED) is 0.879. The Morgan fingerprint density at radius 1 is 1.64 bits per heavy atom. The summed E-state index contributed by atoms with van der Waals surface area (Å²) in [6.45, 7) is 8.42. The van der Waals surface area contributed by atoms with Crippen LogP contribution < -0.4 is 5.32 Å². The summed E-state index contributed by atoms with van der Waals surface area (Å²) in [6.07, 6.45) is 2.24. The van der Waals surface area contributed by atoms with Crippen LogP contribution in [-0.2, 0) is 0 Å². The second-order valence-corrected chi connectivity index (χ2v) is 5.47. The van der Waals surface area contributed by atoms with E-state index in [0.717, 1.165) is 13.1 Å². The molecule has 0 aliphatic carbocycles. The predicted octanol–water partition coefficient (Wildman–Crippen LogP) is 3.83. The smallest absolute Gasteiger partial charge is 0.0317 e. The van der Waals surface area contributed by atoms with Crippen molar-refractivity contribution < 1.29 is 0 Å². The third-order valence-electron chi connectivity index (χ3n) is 1.92. The first-order valence-corrected chi connectivity index (χ1v) is 6.38. The first-order valence-electron chi connectivity index (χ1n) is 4.77. The number of hydrogen-bond donors (Lipinski definition) is 1. The molecule has 1 N–H and O–H groups in total. The number of aryl methyl sites for hydroxylation is 1. The lowest BCUT2D eigenvalue weighted by Gasteiger charge is -2.00. The van der Waals surface area contributed by atoms with E-state index < -0.39 is 0 Å². The highest BCUT2D eigenvalue weighted by atomic mass is 79.9. The Labute approximate surface area is 98.4 Å². The molecule has 0 unspecified atom stereocenters. The maximum atomic E-state index is 3.52. The van der Waals surface area contributed by atoms with Crippen molar-refractivity contribution in [1.29, 1.82) is 0 Å². The zero-order valence-corrected chi connectivity index (χ0v) is 11.3. The van der Waals surface area contributed by atoms with Crippen molar-refractivity contribution in [3.8, 4) is 0 Å². The van der Waals surface area contributed by atoms with Crippen molar-refractivity contribution >= 4 is 33.3 Å². The van der Waals surface area contributed by atoms with Gasteiger partial charge in [-0.15, -0.1) is 11.3 Å². The summed E-state index contributed by atoms with van der Waals surface area (Å²) in [5, 5.41) is 3.31. The van der Waals surface area contributed by atoms with Gasteiger partial charge in [0.15, 0.2) is 0 Å². The van der Waals surface area contributed by atoms with E-state index in [9.17, 15) is 0 Å². The van der Waals surface area contributed by atoms with Crippen molar-refractivity contribution in [3.05, 3.63) is 25.9 Å². The SMILES string of the molecule is CCNCC(C)=Cc1cc(Br)c(C)s1. The van der Waals surface area contributed by atoms with Gasteiger partial charge in [-0.1, -0.05) is 12.5 Å². The third-order valence-corrected chi connectivity index (χ3v) is 4.00. The zero-order chi connectivity index (χ0) is 10.6. The van der Waals surface area contributed by atoms with E-state index in [1.165, 1.54) is 19.8 Å². The maximum absolute atomic E-state index is 3.52. The molecule has 0 aliphatic rings. The first kappa shape index (κ1) is 12.0. The average molecular weight is 274 g/mol. The van der Waals surface area contributed by atoms with Gasteiger partial charge in [-0.2, -0.15) is 0 Å². The van der Waals surface area contributed by atoms with Crippen molar-refractivity contribution in [2.45, 2.75) is 20.8 Å². The van der Waals surface area contributed by atoms with Crippen molar-refractivity contribution in [2.24, 2.45) is 0 Å². The number of nitrogens with one attached hydrogen (secondary N) is 1. The minimum Gasteiger partial charge on any atom is -0.313 e. The molecular formula is C11H16BrNS. The molecule has 3 heteroatoms. The zero-order valence-electron chi connectivity index (χ0n) is 8.86. The summed E-state index contributed by atoms with van der Waals surface area (Å²) < 4.78 is 1.21. The fraction of sp³-hybridized carbons (Fsp3) is 0.455. The fourth-order valence-corrected chi connectivity index (χ4v) is 2.76. The highest BCUT2D eigenvalue weighted by Gasteiger charge is 2.00. The highest BCUT2D eigenvalue weighted by molar-refractivity contribution is 9.10. The topological polar surface area (TPSA) is 12.0 Å². The summed E-state index contributed by atoms with van der Waals surface area (Å²) in [4.78, 5) is 2.66. The number of thiophene rings is 1. The molecule has 0 aromatic carbocycles. The Kier molecular flexibility index (Phi) is 4.85. The van der Waals surface area contributed by atoms with E-state index in [1.54, 1.807) is 0 Å². The minimum absolute atomic E-state index is 0.977. The molecule has 1 rings (SSSR count). The lowest BCUT2D eigenvalue weighted by atomic mass is 10.2. The summed E-state index contributed by atoms with van der Waals surface area (Å²) in [6, 6.07) is 2.18. The van der Waals surface area contributed by atoms with Crippen LogP contribution in [0, 0.1) is 6.92 Å². The molecule has 1 heterocycles. The molecule has 0 fully saturated rings. The van der Waals surface area contributed by atoms with Crippen LogP contribution in [0.1, 0.15) is 23.6 Å². The van der Waals surface area contributed by atoms with Crippen LogP contribution in [0.15, 0.2) is 16.1 Å². The molecule has 0 bridgehead atoms. The molecule has 78 valence electrons. The van der Waals surface area contributed by atoms with E-state index in [0.29, 0.717) is 0 Å². The van der Waals surface area contributed by atoms with Gasteiger partial charge in [0.25, 0.3) is 0 Å². The van der Waals surface area contributed by atoms with Gasteiger partial charge in [-0.3, -0.25) is 0 Å².